The summed E-state index contributed by atoms with van der Waals surface area (Å²) in [6.07, 6.45) is 1.81. The van der Waals surface area contributed by atoms with E-state index >= 15 is 0 Å². The average molecular weight is 412 g/mol. The molecule has 0 fully saturated rings. The number of rotatable bonds is 9. The minimum absolute atomic E-state index is 0.118. The number of nitriles is 1. The summed E-state index contributed by atoms with van der Waals surface area (Å²) in [5.41, 5.74) is 1.59. The van der Waals surface area contributed by atoms with Crippen molar-refractivity contribution in [3.8, 4) is 17.6 Å². The Bertz CT molecular complexity index is 874. The van der Waals surface area contributed by atoms with Crippen LogP contribution in [0.15, 0.2) is 60.7 Å². The first-order chi connectivity index (χ1) is 14.4. The Kier molecular flexibility index (Phi) is 10.8. The maximum atomic E-state index is 9.55. The first kappa shape index (κ1) is 24.2. The maximum absolute atomic E-state index is 9.55. The molecule has 0 spiro atoms. The van der Waals surface area contributed by atoms with Crippen LogP contribution in [-0.4, -0.2) is 42.9 Å². The molecule has 2 rings (SSSR count). The van der Waals surface area contributed by atoms with E-state index in [0.717, 1.165) is 18.5 Å². The molecule has 0 bridgehead atoms. The molecule has 8 nitrogen and oxygen atoms in total. The highest BCUT2D eigenvalue weighted by Crippen LogP contribution is 2.30. The van der Waals surface area contributed by atoms with Gasteiger partial charge in [0.1, 0.15) is 23.7 Å². The SMILES string of the molecule is CNCC[C@@H](Oc1cc(OC)ccc1C#N)c1ccccc1.O=C(O)/C=C/C(=O)O. The Labute approximate surface area is 175 Å². The summed E-state index contributed by atoms with van der Waals surface area (Å²) in [5.74, 6) is -1.29. The largest absolute Gasteiger partial charge is 0.497 e. The summed E-state index contributed by atoms with van der Waals surface area (Å²) in [6.45, 7) is 0.825. The summed E-state index contributed by atoms with van der Waals surface area (Å²) in [4.78, 5) is 19.1. The van der Waals surface area contributed by atoms with E-state index in [-0.39, 0.29) is 6.10 Å². The minimum atomic E-state index is -1.26. The van der Waals surface area contributed by atoms with Crippen molar-refractivity contribution in [2.75, 3.05) is 20.7 Å². The topological polar surface area (TPSA) is 129 Å². The molecule has 0 amide bonds. The Hall–Kier alpha value is -3.83. The van der Waals surface area contributed by atoms with Gasteiger partial charge in [0.15, 0.2) is 0 Å². The van der Waals surface area contributed by atoms with Crippen LogP contribution in [0.1, 0.15) is 23.7 Å². The van der Waals surface area contributed by atoms with Crippen molar-refractivity contribution < 1.29 is 29.3 Å². The predicted molar refractivity (Wildman–Crippen MR) is 110 cm³/mol. The number of aliphatic carboxylic acids is 2. The fraction of sp³-hybridized carbons (Fsp3) is 0.227. The van der Waals surface area contributed by atoms with Gasteiger partial charge in [-0.15, -0.1) is 0 Å². The van der Waals surface area contributed by atoms with Gasteiger partial charge in [0.2, 0.25) is 0 Å². The van der Waals surface area contributed by atoms with E-state index in [9.17, 15) is 14.9 Å². The predicted octanol–water partition coefficient (Wildman–Crippen LogP) is 3.01. The van der Waals surface area contributed by atoms with E-state index in [0.29, 0.717) is 29.2 Å². The zero-order chi connectivity index (χ0) is 22.4. The van der Waals surface area contributed by atoms with E-state index in [4.69, 9.17) is 19.7 Å². The minimum Gasteiger partial charge on any atom is -0.497 e. The number of benzene rings is 2. The maximum Gasteiger partial charge on any atom is 0.328 e. The van der Waals surface area contributed by atoms with Crippen LogP contribution in [0.4, 0.5) is 0 Å². The molecule has 1 atom stereocenters. The highest BCUT2D eigenvalue weighted by Gasteiger charge is 2.15. The molecule has 0 saturated carbocycles. The molecule has 0 aliphatic heterocycles. The number of hydrogen-bond donors (Lipinski definition) is 3. The monoisotopic (exact) mass is 412 g/mol. The van der Waals surface area contributed by atoms with Gasteiger partial charge < -0.3 is 25.0 Å². The molecule has 8 heteroatoms. The zero-order valence-electron chi connectivity index (χ0n) is 16.7. The Morgan fingerprint density at radius 3 is 2.27 bits per heavy atom. The van der Waals surface area contributed by atoms with Crippen molar-refractivity contribution in [2.45, 2.75) is 12.5 Å². The van der Waals surface area contributed by atoms with Gasteiger partial charge in [-0.1, -0.05) is 30.3 Å². The number of methoxy groups -OCH3 is 1. The number of nitrogens with one attached hydrogen (secondary N) is 1. The van der Waals surface area contributed by atoms with Gasteiger partial charge in [0.25, 0.3) is 0 Å². The standard InChI is InChI=1S/C18H20N2O2.C4H4O4/c1-20-11-10-17(14-6-4-3-5-7-14)22-18-12-16(21-2)9-8-15(18)13-19;5-3(6)1-2-4(7)8/h3-9,12,17,20H,10-11H2,1-2H3;1-2H,(H,5,6)(H,7,8)/b;2-1+/t17-;/m1./s1. The molecule has 0 heterocycles. The van der Waals surface area contributed by atoms with Crippen LogP contribution in [0.5, 0.6) is 11.5 Å². The number of ether oxygens (including phenoxy) is 2. The van der Waals surface area contributed by atoms with Crippen LogP contribution in [0, 0.1) is 11.3 Å². The molecule has 3 N–H and O–H groups in total. The van der Waals surface area contributed by atoms with Crippen LogP contribution in [-0.2, 0) is 9.59 Å². The molecule has 158 valence electrons. The quantitative estimate of drug-likeness (QED) is 0.536. The summed E-state index contributed by atoms with van der Waals surface area (Å²) >= 11 is 0. The van der Waals surface area contributed by atoms with E-state index < -0.39 is 11.9 Å². The molecule has 0 radical (unpaired) electrons. The average Bonchev–Trinajstić information content (AvgIpc) is 2.76. The Morgan fingerprint density at radius 2 is 1.77 bits per heavy atom. The fourth-order valence-corrected chi connectivity index (χ4v) is 2.35. The van der Waals surface area contributed by atoms with Gasteiger partial charge in [-0.05, 0) is 31.3 Å². The van der Waals surface area contributed by atoms with Gasteiger partial charge in [-0.3, -0.25) is 0 Å². The third-order valence-corrected chi connectivity index (χ3v) is 3.77. The lowest BCUT2D eigenvalue weighted by Crippen LogP contribution is -2.16. The van der Waals surface area contributed by atoms with E-state index in [2.05, 4.69) is 11.4 Å². The van der Waals surface area contributed by atoms with E-state index in [1.54, 1.807) is 25.3 Å². The molecule has 0 aromatic heterocycles. The molecule has 2 aromatic rings. The van der Waals surface area contributed by atoms with Gasteiger partial charge in [-0.2, -0.15) is 5.26 Å². The van der Waals surface area contributed by atoms with Crippen molar-refractivity contribution in [1.82, 2.24) is 5.32 Å². The van der Waals surface area contributed by atoms with Crippen LogP contribution in [0.25, 0.3) is 0 Å². The van der Waals surface area contributed by atoms with E-state index in [1.165, 1.54) is 0 Å². The van der Waals surface area contributed by atoms with Crippen LogP contribution in [0.3, 0.4) is 0 Å². The second-order valence-electron chi connectivity index (χ2n) is 5.89. The lowest BCUT2D eigenvalue weighted by molar-refractivity contribution is -0.134. The number of carboxylic acids is 2. The number of carbonyl (C=O) groups is 2. The van der Waals surface area contributed by atoms with Crippen molar-refractivity contribution in [3.05, 3.63) is 71.8 Å². The summed E-state index contributed by atoms with van der Waals surface area (Å²) in [5, 5.41) is 28.0. The first-order valence-corrected chi connectivity index (χ1v) is 8.99. The highest BCUT2D eigenvalue weighted by atomic mass is 16.5. The number of nitrogens with zero attached hydrogens (tertiary/aromatic N) is 1. The van der Waals surface area contributed by atoms with Crippen molar-refractivity contribution in [1.29, 1.82) is 5.26 Å². The summed E-state index contributed by atoms with van der Waals surface area (Å²) < 4.78 is 11.3. The van der Waals surface area contributed by atoms with Crippen LogP contribution >= 0.6 is 0 Å². The summed E-state index contributed by atoms with van der Waals surface area (Å²) in [6, 6.07) is 17.4. The van der Waals surface area contributed by atoms with Gasteiger partial charge >= 0.3 is 11.9 Å². The van der Waals surface area contributed by atoms with Crippen LogP contribution in [0.2, 0.25) is 0 Å². The Morgan fingerprint density at radius 1 is 1.13 bits per heavy atom. The second kappa shape index (κ2) is 13.4. The summed E-state index contributed by atoms with van der Waals surface area (Å²) in [7, 11) is 3.51. The Balaban J connectivity index is 0.000000479. The lowest BCUT2D eigenvalue weighted by Gasteiger charge is -2.20. The fourth-order valence-electron chi connectivity index (χ4n) is 2.35. The molecule has 0 unspecified atom stereocenters. The zero-order valence-corrected chi connectivity index (χ0v) is 16.7. The van der Waals surface area contributed by atoms with Crippen molar-refractivity contribution in [3.63, 3.8) is 0 Å². The highest BCUT2D eigenvalue weighted by molar-refractivity contribution is 5.89. The molecule has 0 aliphatic carbocycles. The normalized spacial score (nSPS) is 11.0. The van der Waals surface area contributed by atoms with E-state index in [1.807, 2.05) is 37.4 Å². The van der Waals surface area contributed by atoms with Gasteiger partial charge in [-0.25, -0.2) is 9.59 Å². The first-order valence-electron chi connectivity index (χ1n) is 8.99. The number of carboxylic acid groups (broad SMARTS) is 2. The smallest absolute Gasteiger partial charge is 0.328 e. The van der Waals surface area contributed by atoms with Gasteiger partial charge in [0.05, 0.1) is 12.7 Å². The molecular formula is C22H24N2O6. The third-order valence-electron chi connectivity index (χ3n) is 3.77. The van der Waals surface area contributed by atoms with Crippen molar-refractivity contribution >= 4 is 11.9 Å². The molecule has 2 aromatic carbocycles. The molecule has 0 aliphatic rings. The lowest BCUT2D eigenvalue weighted by atomic mass is 10.1. The van der Waals surface area contributed by atoms with Crippen LogP contribution < -0.4 is 14.8 Å². The van der Waals surface area contributed by atoms with Crippen molar-refractivity contribution in [2.24, 2.45) is 0 Å². The third kappa shape index (κ3) is 8.91. The van der Waals surface area contributed by atoms with Gasteiger partial charge in [0, 0.05) is 24.6 Å². The molecule has 30 heavy (non-hydrogen) atoms. The molecule has 0 saturated heterocycles. The second-order valence-corrected chi connectivity index (χ2v) is 5.89. The number of hydrogen-bond acceptors (Lipinski definition) is 6. The molecular weight excluding hydrogens is 388 g/mol.